The minimum Gasteiger partial charge on any atom is -0.456 e. The lowest BCUT2D eigenvalue weighted by molar-refractivity contribution is -0.870. The van der Waals surface area contributed by atoms with Gasteiger partial charge in [-0.3, -0.25) is 18.6 Å². The predicted molar refractivity (Wildman–Crippen MR) is 291 cm³/mol. The zero-order valence-electron chi connectivity index (χ0n) is 45.9. The second-order valence-corrected chi connectivity index (χ2v) is 22.6. The van der Waals surface area contributed by atoms with E-state index in [2.05, 4.69) is 38.2 Å². The lowest BCUT2D eigenvalue weighted by Gasteiger charge is -2.27. The number of allylic oxidation sites excluding steroid dienone is 3. The number of unbranched alkanes of at least 4 members (excludes halogenated alkanes) is 35. The smallest absolute Gasteiger partial charge is 0.456 e. The van der Waals surface area contributed by atoms with Gasteiger partial charge in [-0.1, -0.05) is 238 Å². The number of carbonyl (C=O) groups excluding carboxylic acids is 2. The molecule has 0 aromatic carbocycles. The fourth-order valence-corrected chi connectivity index (χ4v) is 9.32. The molecule has 3 unspecified atom stereocenters. The van der Waals surface area contributed by atoms with E-state index >= 15 is 0 Å². The quantitative estimate of drug-likeness (QED) is 0.0205. The van der Waals surface area contributed by atoms with Crippen molar-refractivity contribution in [1.29, 1.82) is 0 Å². The molecule has 1 amide bonds. The summed E-state index contributed by atoms with van der Waals surface area (Å²) in [6.07, 6.45) is 55.9. The molecule has 0 rings (SSSR count). The lowest BCUT2D eigenvalue weighted by Crippen LogP contribution is -2.47. The summed E-state index contributed by atoms with van der Waals surface area (Å²) in [6, 6.07) is -0.842. The molecule has 0 radical (unpaired) electrons. The molecular weight excluding hydrogens is 868 g/mol. The maximum absolute atomic E-state index is 13.5. The van der Waals surface area contributed by atoms with Gasteiger partial charge in [-0.15, -0.1) is 0 Å². The van der Waals surface area contributed by atoms with E-state index in [1.807, 2.05) is 33.3 Å². The van der Waals surface area contributed by atoms with Crippen LogP contribution in [0.15, 0.2) is 24.3 Å². The number of nitrogens with one attached hydrogen (secondary N) is 1. The van der Waals surface area contributed by atoms with Crippen LogP contribution < -0.4 is 5.32 Å². The van der Waals surface area contributed by atoms with Crippen LogP contribution in [0.2, 0.25) is 0 Å². The standard InChI is InChI=1S/C58H113N2O7P/c1-7-10-13-16-19-22-25-27-29-31-32-35-38-41-44-47-50-57(61)59-55(54-66-68(63,64)65-53-52-60(4,5)6)56(49-46-43-40-37-34-24-21-18-15-12-9-3)67-58(62)51-48-45-42-39-36-33-30-28-26-23-20-17-14-11-8-2/h23,26,46,49,55-56H,7-22,24-25,27-45,47-48,50-54H2,1-6H3,(H-,59,61,63,64)/p+1/b26-23-,49-46+. The molecule has 0 spiro atoms. The van der Waals surface area contributed by atoms with Crippen LogP contribution in [-0.2, 0) is 27.9 Å². The molecular formula is C58H114N2O7P+. The lowest BCUT2D eigenvalue weighted by atomic mass is 10.0. The van der Waals surface area contributed by atoms with E-state index in [0.29, 0.717) is 23.9 Å². The van der Waals surface area contributed by atoms with Gasteiger partial charge in [-0.05, 0) is 57.4 Å². The SMILES string of the molecule is CCCCCC/C=C\CCCCCCCCCC(=O)OC(/C=C/CCCCCCCCCCC)C(COP(=O)(O)OCC[N+](C)(C)C)NC(=O)CCCCCCCCCCCCCCCCCC. The Morgan fingerprint density at radius 3 is 1.26 bits per heavy atom. The van der Waals surface area contributed by atoms with E-state index < -0.39 is 20.0 Å². The summed E-state index contributed by atoms with van der Waals surface area (Å²) in [4.78, 5) is 37.6. The van der Waals surface area contributed by atoms with Gasteiger partial charge < -0.3 is 19.4 Å². The molecule has 3 atom stereocenters. The molecule has 0 saturated heterocycles. The monoisotopic (exact) mass is 982 g/mol. The highest BCUT2D eigenvalue weighted by Crippen LogP contribution is 2.43. The van der Waals surface area contributed by atoms with Gasteiger partial charge in [0.2, 0.25) is 5.91 Å². The predicted octanol–water partition coefficient (Wildman–Crippen LogP) is 17.4. The number of likely N-dealkylation sites (N-methyl/N-ethyl adjacent to an activating group) is 1. The average molecular weight is 983 g/mol. The first-order valence-electron chi connectivity index (χ1n) is 29.2. The Bertz CT molecular complexity index is 1220. The highest BCUT2D eigenvalue weighted by atomic mass is 31.2. The molecule has 0 aromatic rings. The Labute approximate surface area is 422 Å². The van der Waals surface area contributed by atoms with Gasteiger partial charge >= 0.3 is 13.8 Å². The molecule has 0 fully saturated rings. The molecule has 2 N–H and O–H groups in total. The second-order valence-electron chi connectivity index (χ2n) is 21.2. The highest BCUT2D eigenvalue weighted by Gasteiger charge is 2.30. The summed E-state index contributed by atoms with van der Waals surface area (Å²) in [5, 5.41) is 3.05. The number of quaternary nitrogens is 1. The molecule has 68 heavy (non-hydrogen) atoms. The van der Waals surface area contributed by atoms with Crippen LogP contribution in [0.25, 0.3) is 0 Å². The van der Waals surface area contributed by atoms with Crippen molar-refractivity contribution in [2.24, 2.45) is 0 Å². The van der Waals surface area contributed by atoms with Crippen LogP contribution >= 0.6 is 7.82 Å². The number of ether oxygens (including phenoxy) is 1. The molecule has 10 heteroatoms. The minimum absolute atomic E-state index is 0.0429. The number of phosphoric ester groups is 1. The number of rotatable bonds is 53. The van der Waals surface area contributed by atoms with Crippen molar-refractivity contribution in [2.75, 3.05) is 40.9 Å². The van der Waals surface area contributed by atoms with Gasteiger partial charge in [0, 0.05) is 12.8 Å². The molecule has 0 aromatic heterocycles. The zero-order chi connectivity index (χ0) is 50.1. The van der Waals surface area contributed by atoms with E-state index in [0.717, 1.165) is 57.8 Å². The van der Waals surface area contributed by atoms with Gasteiger partial charge in [0.15, 0.2) is 0 Å². The van der Waals surface area contributed by atoms with Gasteiger partial charge in [0.05, 0.1) is 33.8 Å². The van der Waals surface area contributed by atoms with Crippen molar-refractivity contribution in [3.05, 3.63) is 24.3 Å². The van der Waals surface area contributed by atoms with Gasteiger partial charge in [-0.2, -0.15) is 0 Å². The van der Waals surface area contributed by atoms with E-state index in [-0.39, 0.29) is 25.1 Å². The molecule has 402 valence electrons. The number of amides is 1. The van der Waals surface area contributed by atoms with Gasteiger partial charge in [-0.25, -0.2) is 4.57 Å². The largest absolute Gasteiger partial charge is 0.472 e. The third-order valence-electron chi connectivity index (χ3n) is 13.1. The third-order valence-corrected chi connectivity index (χ3v) is 14.1. The van der Waals surface area contributed by atoms with E-state index in [1.165, 1.54) is 193 Å². The maximum atomic E-state index is 13.5. The van der Waals surface area contributed by atoms with Crippen molar-refractivity contribution >= 4 is 19.7 Å². The fraction of sp³-hybridized carbons (Fsp3) is 0.897. The maximum Gasteiger partial charge on any atom is 0.472 e. The number of nitrogens with zero attached hydrogens (tertiary/aromatic N) is 1. The van der Waals surface area contributed by atoms with Gasteiger partial charge in [0.25, 0.3) is 0 Å². The Hall–Kier alpha value is -1.51. The Kier molecular flexibility index (Phi) is 48.0. The normalized spacial score (nSPS) is 13.9. The molecule has 9 nitrogen and oxygen atoms in total. The van der Waals surface area contributed by atoms with Crippen LogP contribution in [0.3, 0.4) is 0 Å². The van der Waals surface area contributed by atoms with Crippen molar-refractivity contribution < 1.29 is 37.3 Å². The van der Waals surface area contributed by atoms with Crippen LogP contribution in [0, 0.1) is 0 Å². The summed E-state index contributed by atoms with van der Waals surface area (Å²) in [5.41, 5.74) is 0. The number of hydrogen-bond acceptors (Lipinski definition) is 6. The molecule has 0 aliphatic heterocycles. The summed E-state index contributed by atoms with van der Waals surface area (Å²) >= 11 is 0. The van der Waals surface area contributed by atoms with Crippen LogP contribution in [0.1, 0.15) is 284 Å². The summed E-state index contributed by atoms with van der Waals surface area (Å²) in [6.45, 7) is 7.02. The Morgan fingerprint density at radius 2 is 0.853 bits per heavy atom. The fourth-order valence-electron chi connectivity index (χ4n) is 8.58. The van der Waals surface area contributed by atoms with Crippen LogP contribution in [0.4, 0.5) is 0 Å². The van der Waals surface area contributed by atoms with Crippen LogP contribution in [-0.4, -0.2) is 74.3 Å². The molecule has 0 heterocycles. The van der Waals surface area contributed by atoms with Crippen LogP contribution in [0.5, 0.6) is 0 Å². The van der Waals surface area contributed by atoms with E-state index in [1.54, 1.807) is 0 Å². The van der Waals surface area contributed by atoms with Crippen molar-refractivity contribution in [3.63, 3.8) is 0 Å². The van der Waals surface area contributed by atoms with Crippen molar-refractivity contribution in [3.8, 4) is 0 Å². The first-order valence-corrected chi connectivity index (χ1v) is 30.7. The van der Waals surface area contributed by atoms with Crippen molar-refractivity contribution in [2.45, 2.75) is 296 Å². The Morgan fingerprint density at radius 1 is 0.500 bits per heavy atom. The topological polar surface area (TPSA) is 111 Å². The summed E-state index contributed by atoms with van der Waals surface area (Å²) in [5.74, 6) is -0.498. The number of hydrogen-bond donors (Lipinski definition) is 2. The molecule has 0 bridgehead atoms. The van der Waals surface area contributed by atoms with Gasteiger partial charge in [0.1, 0.15) is 19.3 Å². The van der Waals surface area contributed by atoms with E-state index in [9.17, 15) is 19.0 Å². The average Bonchev–Trinajstić information content (AvgIpc) is 3.29. The molecule has 0 saturated carbocycles. The molecule has 0 aliphatic rings. The zero-order valence-corrected chi connectivity index (χ0v) is 46.8. The number of phosphoric acid groups is 1. The first kappa shape index (κ1) is 66.5. The summed E-state index contributed by atoms with van der Waals surface area (Å²) < 4.78 is 30.6. The third kappa shape index (κ3) is 49.5. The number of esters is 1. The molecule has 0 aliphatic carbocycles. The second kappa shape index (κ2) is 49.1. The summed E-state index contributed by atoms with van der Waals surface area (Å²) in [7, 11) is 1.51. The number of carbonyl (C=O) groups is 2. The Balaban J connectivity index is 5.28. The minimum atomic E-state index is -4.44. The van der Waals surface area contributed by atoms with Crippen molar-refractivity contribution in [1.82, 2.24) is 5.32 Å². The van der Waals surface area contributed by atoms with E-state index in [4.69, 9.17) is 13.8 Å². The highest BCUT2D eigenvalue weighted by molar-refractivity contribution is 7.47. The first-order chi connectivity index (χ1) is 32.9.